The molecular weight excluding hydrogens is 285 g/mol. The maximum atomic E-state index is 13.4. The molecule has 1 aliphatic heterocycles. The first kappa shape index (κ1) is 14.7. The first-order valence-corrected chi connectivity index (χ1v) is 8.71. The minimum absolute atomic E-state index is 0.0466. The number of rotatable bonds is 3. The second-order valence-electron chi connectivity index (χ2n) is 5.42. The molecule has 112 valence electrons. The van der Waals surface area contributed by atoms with Crippen molar-refractivity contribution in [2.24, 2.45) is 0 Å². The van der Waals surface area contributed by atoms with Gasteiger partial charge in [0, 0.05) is 7.05 Å². The number of allylic oxidation sites excluding steroid dienone is 3. The van der Waals surface area contributed by atoms with E-state index in [1.807, 2.05) is 67.2 Å². The third kappa shape index (κ3) is 2.33. The molecule has 21 heavy (non-hydrogen) atoms. The molecule has 0 amide bonds. The van der Waals surface area contributed by atoms with Gasteiger partial charge in [0.1, 0.15) is 11.9 Å². The summed E-state index contributed by atoms with van der Waals surface area (Å²) in [4.78, 5) is 13.4. The lowest BCUT2D eigenvalue weighted by molar-refractivity contribution is -0.201. The van der Waals surface area contributed by atoms with E-state index in [1.54, 1.807) is 7.11 Å². The highest BCUT2D eigenvalue weighted by atomic mass is 31.2. The summed E-state index contributed by atoms with van der Waals surface area (Å²) < 4.78 is 13.3. The standard InChI is InChI=1S/C16H20NO3P/c1-12-16(13-8-5-4-6-9-13)20-21(18,17(12)2)15-11-7-10-14(15)19-3/h4-12,15-16H,1-3H3/t12-,15?,16-,21?/m0/s1. The Morgan fingerprint density at radius 1 is 1.29 bits per heavy atom. The molecule has 4 atom stereocenters. The summed E-state index contributed by atoms with van der Waals surface area (Å²) in [7, 11) is 0.466. The number of likely N-dealkylation sites (N-methyl/N-ethyl adjacent to an activating group) is 1. The molecule has 1 aliphatic carbocycles. The fourth-order valence-corrected chi connectivity index (χ4v) is 5.68. The minimum atomic E-state index is -3.01. The average molecular weight is 305 g/mol. The molecule has 0 saturated carbocycles. The van der Waals surface area contributed by atoms with Crippen LogP contribution in [0.15, 0.2) is 54.3 Å². The number of hydrogen-bond donors (Lipinski definition) is 0. The van der Waals surface area contributed by atoms with Crippen LogP contribution in [0.4, 0.5) is 0 Å². The summed E-state index contributed by atoms with van der Waals surface area (Å²) in [6.07, 6.45) is 5.44. The predicted molar refractivity (Wildman–Crippen MR) is 82.4 cm³/mol. The van der Waals surface area contributed by atoms with E-state index in [0.29, 0.717) is 5.76 Å². The summed E-state index contributed by atoms with van der Waals surface area (Å²) in [5.74, 6) is 0.700. The first-order valence-electron chi connectivity index (χ1n) is 7.06. The zero-order valence-corrected chi connectivity index (χ0v) is 13.4. The molecule has 3 rings (SSSR count). The summed E-state index contributed by atoms with van der Waals surface area (Å²) >= 11 is 0. The Morgan fingerprint density at radius 3 is 2.67 bits per heavy atom. The smallest absolute Gasteiger partial charge is 0.189 e. The van der Waals surface area contributed by atoms with Crippen LogP contribution in [0.1, 0.15) is 18.6 Å². The number of methoxy groups -OCH3 is 1. The fourth-order valence-electron chi connectivity index (χ4n) is 2.93. The van der Waals surface area contributed by atoms with Gasteiger partial charge in [0.2, 0.25) is 0 Å². The van der Waals surface area contributed by atoms with Gasteiger partial charge in [-0.25, -0.2) is 4.52 Å². The maximum absolute atomic E-state index is 13.4. The molecule has 1 saturated heterocycles. The van der Waals surface area contributed by atoms with E-state index in [0.717, 1.165) is 5.56 Å². The molecule has 0 spiro atoms. The van der Waals surface area contributed by atoms with Crippen LogP contribution in [-0.2, 0) is 9.26 Å². The van der Waals surface area contributed by atoms with Gasteiger partial charge < -0.3 is 9.63 Å². The van der Waals surface area contributed by atoms with Gasteiger partial charge in [0.15, 0.2) is 13.5 Å². The quantitative estimate of drug-likeness (QED) is 0.805. The molecule has 0 bridgehead atoms. The van der Waals surface area contributed by atoms with E-state index in [9.17, 15) is 4.89 Å². The molecule has 1 fully saturated rings. The van der Waals surface area contributed by atoms with E-state index < -0.39 is 7.87 Å². The molecule has 0 radical (unpaired) electrons. The van der Waals surface area contributed by atoms with E-state index in [4.69, 9.17) is 9.26 Å². The van der Waals surface area contributed by atoms with Crippen molar-refractivity contribution in [2.45, 2.75) is 24.7 Å². The number of nitrogens with zero attached hydrogens (tertiary/aromatic N) is 1. The Morgan fingerprint density at radius 2 is 2.00 bits per heavy atom. The van der Waals surface area contributed by atoms with Crippen molar-refractivity contribution in [1.82, 2.24) is 4.67 Å². The maximum Gasteiger partial charge on any atom is 0.189 e. The molecule has 2 aliphatic rings. The molecule has 2 unspecified atom stereocenters. The van der Waals surface area contributed by atoms with Gasteiger partial charge in [0.25, 0.3) is 0 Å². The van der Waals surface area contributed by atoms with Crippen LogP contribution in [0.5, 0.6) is 0 Å². The Balaban J connectivity index is 1.91. The highest BCUT2D eigenvalue weighted by Crippen LogP contribution is 2.70. The Hall–Kier alpha value is -1.19. The number of hydrogen-bond acceptors (Lipinski definition) is 4. The minimum Gasteiger partial charge on any atom is -0.640 e. The van der Waals surface area contributed by atoms with Crippen molar-refractivity contribution >= 4 is 7.87 Å². The zero-order valence-electron chi connectivity index (χ0n) is 12.5. The van der Waals surface area contributed by atoms with Gasteiger partial charge in [-0.15, -0.1) is 0 Å². The highest BCUT2D eigenvalue weighted by molar-refractivity contribution is 7.63. The second-order valence-corrected chi connectivity index (χ2v) is 7.94. The Kier molecular flexibility index (Phi) is 3.89. The van der Waals surface area contributed by atoms with Crippen LogP contribution in [0.3, 0.4) is 0 Å². The van der Waals surface area contributed by atoms with E-state index in [-0.39, 0.29) is 17.8 Å². The monoisotopic (exact) mass is 305 g/mol. The summed E-state index contributed by atoms with van der Waals surface area (Å²) in [5.41, 5.74) is 0.739. The van der Waals surface area contributed by atoms with Crippen molar-refractivity contribution in [1.29, 1.82) is 0 Å². The zero-order chi connectivity index (χ0) is 15.0. The summed E-state index contributed by atoms with van der Waals surface area (Å²) in [6, 6.07) is 10.0. The van der Waals surface area contributed by atoms with Gasteiger partial charge in [-0.3, -0.25) is 0 Å². The van der Waals surface area contributed by atoms with Crippen LogP contribution in [-0.4, -0.2) is 30.5 Å². The van der Waals surface area contributed by atoms with Gasteiger partial charge in [-0.2, -0.15) is 4.67 Å². The first-order chi connectivity index (χ1) is 10.1. The van der Waals surface area contributed by atoms with Crippen molar-refractivity contribution in [3.8, 4) is 0 Å². The predicted octanol–water partition coefficient (Wildman–Crippen LogP) is 2.67. The number of ether oxygens (including phenoxy) is 1. The van der Waals surface area contributed by atoms with Crippen LogP contribution in [0.25, 0.3) is 0 Å². The van der Waals surface area contributed by atoms with Crippen molar-refractivity contribution < 1.29 is 14.2 Å². The van der Waals surface area contributed by atoms with Crippen LogP contribution in [0, 0.1) is 0 Å². The van der Waals surface area contributed by atoms with E-state index in [1.165, 1.54) is 0 Å². The van der Waals surface area contributed by atoms with Gasteiger partial charge in [-0.1, -0.05) is 36.4 Å². The molecule has 1 heterocycles. The van der Waals surface area contributed by atoms with E-state index in [2.05, 4.69) is 0 Å². The van der Waals surface area contributed by atoms with Gasteiger partial charge in [0.05, 0.1) is 13.2 Å². The lowest BCUT2D eigenvalue weighted by atomic mass is 10.0. The van der Waals surface area contributed by atoms with E-state index >= 15 is 0 Å². The molecule has 0 N–H and O–H groups in total. The molecule has 0 aromatic heterocycles. The lowest BCUT2D eigenvalue weighted by Gasteiger charge is -2.35. The van der Waals surface area contributed by atoms with Gasteiger partial charge >= 0.3 is 0 Å². The Bertz CT molecular complexity index is 574. The molecule has 1 aromatic carbocycles. The third-order valence-corrected chi connectivity index (χ3v) is 7.20. The largest absolute Gasteiger partial charge is 0.640 e. The number of benzene rings is 1. The SMILES string of the molecule is COC1=CC=CC1[P+]1([O-])O[C@H](c2ccccc2)[C@H](C)N1C. The van der Waals surface area contributed by atoms with Gasteiger partial charge in [-0.05, 0) is 24.6 Å². The molecule has 5 heteroatoms. The van der Waals surface area contributed by atoms with Crippen molar-refractivity contribution in [2.75, 3.05) is 14.2 Å². The molecular formula is C16H20NO3P. The average Bonchev–Trinajstić information content (AvgIpc) is 3.08. The normalized spacial score (nSPS) is 36.0. The highest BCUT2D eigenvalue weighted by Gasteiger charge is 2.57. The Labute approximate surface area is 126 Å². The lowest BCUT2D eigenvalue weighted by Crippen LogP contribution is -2.35. The summed E-state index contributed by atoms with van der Waals surface area (Å²) in [6.45, 7) is 2.05. The van der Waals surface area contributed by atoms with Crippen LogP contribution < -0.4 is 4.89 Å². The summed E-state index contributed by atoms with van der Waals surface area (Å²) in [5, 5.41) is 0. The second kappa shape index (κ2) is 5.54. The van der Waals surface area contributed by atoms with Crippen LogP contribution in [0.2, 0.25) is 0 Å². The molecule has 1 aromatic rings. The fraction of sp³-hybridized carbons (Fsp3) is 0.375. The van der Waals surface area contributed by atoms with Crippen LogP contribution >= 0.6 is 7.87 Å². The topological polar surface area (TPSA) is 44.8 Å². The molecule has 4 nitrogen and oxygen atoms in total. The van der Waals surface area contributed by atoms with Crippen molar-refractivity contribution in [3.05, 3.63) is 59.9 Å². The van der Waals surface area contributed by atoms with Crippen molar-refractivity contribution in [3.63, 3.8) is 0 Å². The third-order valence-electron chi connectivity index (χ3n) is 4.29.